The first-order valence-electron chi connectivity index (χ1n) is 22.7. The normalized spacial score (nSPS) is 17.8. The number of rotatable bonds is 25. The van der Waals surface area contributed by atoms with Crippen molar-refractivity contribution < 1.29 is 49.2 Å². The molecule has 14 nitrogen and oxygen atoms in total. The summed E-state index contributed by atoms with van der Waals surface area (Å²) in [4.78, 5) is 82.4. The molecule has 0 radical (unpaired) electrons. The highest BCUT2D eigenvalue weighted by Crippen LogP contribution is 2.39. The van der Waals surface area contributed by atoms with Crippen LogP contribution in [0.15, 0.2) is 36.4 Å². The highest BCUT2D eigenvalue weighted by atomic mass is 16.4. The molecule has 1 heterocycles. The van der Waals surface area contributed by atoms with Crippen LogP contribution in [-0.4, -0.2) is 111 Å². The van der Waals surface area contributed by atoms with Gasteiger partial charge in [0, 0.05) is 49.8 Å². The summed E-state index contributed by atoms with van der Waals surface area (Å²) in [6.45, 7) is 5.42. The number of aliphatic hydroxyl groups is 1. The number of amides is 3. The highest BCUT2D eigenvalue weighted by molar-refractivity contribution is 5.96. The van der Waals surface area contributed by atoms with Crippen LogP contribution in [0.4, 0.5) is 0 Å². The third kappa shape index (κ3) is 16.1. The summed E-state index contributed by atoms with van der Waals surface area (Å²) in [7, 11) is 3.16. The van der Waals surface area contributed by atoms with E-state index in [9.17, 15) is 49.2 Å². The van der Waals surface area contributed by atoms with E-state index in [1.54, 1.807) is 11.9 Å². The van der Waals surface area contributed by atoms with E-state index in [0.717, 1.165) is 24.2 Å². The number of unbranched alkanes of at least 4 members (excludes halogenated alkanes) is 13. The number of phenolic OH excluding ortho intramolecular Hbond substituents is 2. The molecule has 0 aromatic heterocycles. The van der Waals surface area contributed by atoms with Crippen molar-refractivity contribution in [1.82, 2.24) is 20.4 Å². The van der Waals surface area contributed by atoms with Gasteiger partial charge in [-0.05, 0) is 62.3 Å². The minimum Gasteiger partial charge on any atom is -0.507 e. The maximum absolute atomic E-state index is 14.0. The molecule has 2 aromatic rings. The van der Waals surface area contributed by atoms with Crippen LogP contribution >= 0.6 is 0 Å². The second-order valence-electron chi connectivity index (χ2n) is 17.2. The van der Waals surface area contributed by atoms with Crippen LogP contribution in [0.2, 0.25) is 0 Å². The maximum atomic E-state index is 14.0. The van der Waals surface area contributed by atoms with E-state index in [2.05, 4.69) is 17.6 Å². The summed E-state index contributed by atoms with van der Waals surface area (Å²) in [5.74, 6) is -5.48. The second kappa shape index (κ2) is 26.6. The van der Waals surface area contributed by atoms with Crippen molar-refractivity contribution in [2.75, 3.05) is 27.2 Å². The van der Waals surface area contributed by atoms with Crippen molar-refractivity contribution in [3.05, 3.63) is 47.5 Å². The van der Waals surface area contributed by atoms with Gasteiger partial charge in [0.2, 0.25) is 17.7 Å². The third-order valence-corrected chi connectivity index (χ3v) is 12.1. The van der Waals surface area contributed by atoms with Gasteiger partial charge in [-0.25, -0.2) is 4.79 Å². The number of aliphatic carboxylic acids is 1. The average Bonchev–Trinajstić information content (AvgIpc) is 3.23. The van der Waals surface area contributed by atoms with Crippen LogP contribution in [0.3, 0.4) is 0 Å². The molecule has 3 amide bonds. The Bertz CT molecular complexity index is 1800. The van der Waals surface area contributed by atoms with Crippen molar-refractivity contribution in [3.63, 3.8) is 0 Å². The Morgan fingerprint density at radius 2 is 1.34 bits per heavy atom. The molecule has 0 fully saturated rings. The van der Waals surface area contributed by atoms with E-state index in [1.165, 1.54) is 128 Å². The predicted molar refractivity (Wildman–Crippen MR) is 238 cm³/mol. The number of carboxylic acids is 1. The Labute approximate surface area is 367 Å². The number of hydrogen-bond acceptors (Lipinski definition) is 10. The number of likely N-dealkylation sites (N-methyl/N-ethyl adjacent to an activating group) is 2. The van der Waals surface area contributed by atoms with Gasteiger partial charge in [-0.15, -0.1) is 0 Å². The van der Waals surface area contributed by atoms with E-state index in [1.807, 2.05) is 0 Å². The third-order valence-electron chi connectivity index (χ3n) is 12.1. The first kappa shape index (κ1) is 51.5. The number of fused-ring (bicyclic) bond motifs is 5. The van der Waals surface area contributed by atoms with Gasteiger partial charge < -0.3 is 36.0 Å². The van der Waals surface area contributed by atoms with E-state index in [0.29, 0.717) is 12.1 Å². The van der Waals surface area contributed by atoms with Crippen molar-refractivity contribution in [3.8, 4) is 22.6 Å². The standard InChI is InChI=1S/C48H72N4O10/c1-6-7-8-9-10-11-12-13-14-15-16-17-18-19-26-51(4)39(31-53)47(60)49-33(3)40(54)24-25-44(58)52(5)45-35-21-23-42(56)37(30-35)36-28-34(20-22-41(36)55)29-38(48(61)62)50-46(59)32(2)27-43(45)57/h20-23,28,30,32-33,38-39,45,53,55-56H,6-19,24-27,29,31H2,1-5H3,(H,49,60)(H,50,59)(H,61,62)/t32-,33-,38-,39-,45+/m1/s1. The monoisotopic (exact) mass is 865 g/mol. The number of carboxylic acid groups (broad SMARTS) is 1. The lowest BCUT2D eigenvalue weighted by Crippen LogP contribution is -2.51. The Kier molecular flexibility index (Phi) is 22.1. The molecule has 14 heteroatoms. The van der Waals surface area contributed by atoms with E-state index >= 15 is 0 Å². The molecule has 1 aliphatic rings. The van der Waals surface area contributed by atoms with Crippen LogP contribution in [0.1, 0.15) is 147 Å². The van der Waals surface area contributed by atoms with Crippen LogP contribution in [-0.2, 0) is 35.2 Å². The summed E-state index contributed by atoms with van der Waals surface area (Å²) in [6, 6.07) is 4.14. The minimum absolute atomic E-state index is 0.130. The molecular weight excluding hydrogens is 793 g/mol. The molecule has 4 bridgehead atoms. The molecule has 344 valence electrons. The summed E-state index contributed by atoms with van der Waals surface area (Å²) in [5, 5.41) is 46.8. The first-order chi connectivity index (χ1) is 29.6. The van der Waals surface area contributed by atoms with Crippen molar-refractivity contribution in [2.24, 2.45) is 5.92 Å². The number of phenols is 2. The molecule has 2 aromatic carbocycles. The number of benzene rings is 2. The average molecular weight is 865 g/mol. The fraction of sp³-hybridized carbons (Fsp3) is 0.625. The molecule has 0 unspecified atom stereocenters. The van der Waals surface area contributed by atoms with Gasteiger partial charge in [-0.3, -0.25) is 28.9 Å². The fourth-order valence-corrected chi connectivity index (χ4v) is 8.04. The molecule has 0 saturated heterocycles. The zero-order valence-electron chi connectivity index (χ0n) is 37.6. The number of nitrogens with zero attached hydrogens (tertiary/aromatic N) is 2. The lowest BCUT2D eigenvalue weighted by Gasteiger charge is -2.29. The van der Waals surface area contributed by atoms with Gasteiger partial charge >= 0.3 is 5.97 Å². The van der Waals surface area contributed by atoms with E-state index < -0.39 is 71.9 Å². The SMILES string of the molecule is CCCCCCCCCCCCCCCCN(C)[C@H](CO)C(=O)N[C@H](C)C(=O)CCC(=O)N(C)[C@@H]1C(=O)C[C@@H](C)C(=O)N[C@@H](C(=O)O)Cc2ccc(O)c(c2)-c2cc1ccc2O. The van der Waals surface area contributed by atoms with Gasteiger partial charge in [0.05, 0.1) is 12.6 Å². The maximum Gasteiger partial charge on any atom is 0.326 e. The highest BCUT2D eigenvalue weighted by Gasteiger charge is 2.34. The number of ketones is 2. The Balaban J connectivity index is 1.58. The lowest BCUT2D eigenvalue weighted by atomic mass is 9.89. The minimum atomic E-state index is -1.35. The quantitative estimate of drug-likeness (QED) is 0.0584. The molecule has 1 aliphatic heterocycles. The molecule has 62 heavy (non-hydrogen) atoms. The number of carbonyl (C=O) groups is 6. The van der Waals surface area contributed by atoms with Crippen LogP contribution in [0.25, 0.3) is 11.1 Å². The lowest BCUT2D eigenvalue weighted by molar-refractivity contribution is -0.143. The molecule has 0 aliphatic carbocycles. The molecule has 5 atom stereocenters. The molecule has 0 spiro atoms. The topological polar surface area (TPSA) is 214 Å². The zero-order valence-corrected chi connectivity index (χ0v) is 37.6. The molecule has 3 rings (SSSR count). The Hall–Kier alpha value is -4.82. The summed E-state index contributed by atoms with van der Waals surface area (Å²) in [5.41, 5.74) is 1.01. The number of hydrogen-bond donors (Lipinski definition) is 6. The predicted octanol–water partition coefficient (Wildman–Crippen LogP) is 6.61. The van der Waals surface area contributed by atoms with Crippen LogP contribution < -0.4 is 10.6 Å². The van der Waals surface area contributed by atoms with E-state index in [4.69, 9.17) is 0 Å². The number of aliphatic hydroxyl groups excluding tert-OH is 1. The summed E-state index contributed by atoms with van der Waals surface area (Å²) >= 11 is 0. The van der Waals surface area contributed by atoms with Gasteiger partial charge in [0.1, 0.15) is 29.6 Å². The van der Waals surface area contributed by atoms with E-state index in [-0.39, 0.29) is 53.9 Å². The number of aromatic hydroxyl groups is 2. The van der Waals surface area contributed by atoms with Crippen molar-refractivity contribution in [2.45, 2.75) is 161 Å². The number of nitrogens with one attached hydrogen (secondary N) is 2. The Morgan fingerprint density at radius 3 is 1.90 bits per heavy atom. The van der Waals surface area contributed by atoms with Gasteiger partial charge in [0.15, 0.2) is 11.6 Å². The smallest absolute Gasteiger partial charge is 0.326 e. The zero-order chi connectivity index (χ0) is 45.8. The van der Waals surface area contributed by atoms with Crippen molar-refractivity contribution in [1.29, 1.82) is 0 Å². The summed E-state index contributed by atoms with van der Waals surface area (Å²) in [6.07, 6.45) is 16.3. The fourth-order valence-electron chi connectivity index (χ4n) is 8.04. The van der Waals surface area contributed by atoms with Gasteiger partial charge in [-0.2, -0.15) is 0 Å². The van der Waals surface area contributed by atoms with Crippen LogP contribution in [0.5, 0.6) is 11.5 Å². The van der Waals surface area contributed by atoms with Crippen LogP contribution in [0, 0.1) is 5.92 Å². The largest absolute Gasteiger partial charge is 0.507 e. The first-order valence-corrected chi connectivity index (χ1v) is 22.7. The molecule has 6 N–H and O–H groups in total. The summed E-state index contributed by atoms with van der Waals surface area (Å²) < 4.78 is 0. The van der Waals surface area contributed by atoms with Gasteiger partial charge in [0.25, 0.3) is 0 Å². The van der Waals surface area contributed by atoms with Crippen molar-refractivity contribution >= 4 is 35.3 Å². The molecular formula is C48H72N4O10. The number of Topliss-reactive ketones (excluding diaryl/α,β-unsaturated/α-hetero) is 2. The second-order valence-corrected chi connectivity index (χ2v) is 17.2. The molecule has 0 saturated carbocycles. The number of carbonyl (C=O) groups excluding carboxylic acids is 5. The Morgan fingerprint density at radius 1 is 0.790 bits per heavy atom. The van der Waals surface area contributed by atoms with Gasteiger partial charge in [-0.1, -0.05) is 109 Å².